The Bertz CT molecular complexity index is 202. The molecular formula is C8H12BrNO. The molecule has 0 saturated heterocycles. The molecule has 0 aromatic heterocycles. The molecule has 1 N–H and O–H groups in total. The molecule has 2 nitrogen and oxygen atoms in total. The molecule has 0 amide bonds. The van der Waals surface area contributed by atoms with Crippen LogP contribution in [0, 0.1) is 0 Å². The number of aliphatic imine (C=N–C) groups is 1. The van der Waals surface area contributed by atoms with Crippen LogP contribution in [0.15, 0.2) is 27.3 Å². The van der Waals surface area contributed by atoms with Gasteiger partial charge in [0, 0.05) is 10.7 Å². The summed E-state index contributed by atoms with van der Waals surface area (Å²) in [5.41, 5.74) is 1.60. The summed E-state index contributed by atoms with van der Waals surface area (Å²) in [5.74, 6) is 0. The summed E-state index contributed by atoms with van der Waals surface area (Å²) in [7, 11) is 0. The zero-order valence-corrected chi connectivity index (χ0v) is 8.35. The third kappa shape index (κ3) is 4.93. The first kappa shape index (κ1) is 10.6. The number of rotatable bonds is 3. The summed E-state index contributed by atoms with van der Waals surface area (Å²) in [6, 6.07) is 0. The number of halogens is 1. The van der Waals surface area contributed by atoms with E-state index >= 15 is 0 Å². The predicted molar refractivity (Wildman–Crippen MR) is 52.0 cm³/mol. The van der Waals surface area contributed by atoms with Crippen molar-refractivity contribution in [2.75, 3.05) is 6.61 Å². The van der Waals surface area contributed by atoms with E-state index in [2.05, 4.69) is 27.5 Å². The van der Waals surface area contributed by atoms with Crippen molar-refractivity contribution in [3.05, 3.63) is 22.3 Å². The van der Waals surface area contributed by atoms with Crippen LogP contribution in [-0.4, -0.2) is 17.9 Å². The van der Waals surface area contributed by atoms with Crippen molar-refractivity contribution in [2.24, 2.45) is 4.99 Å². The summed E-state index contributed by atoms with van der Waals surface area (Å²) >= 11 is 3.31. The van der Waals surface area contributed by atoms with Gasteiger partial charge in [0.1, 0.15) is 0 Å². The standard InChI is InChI=1S/C8H12BrNO/c1-6(2)8(9)4-10-7(3)5-11/h4,11H,3,5H2,1-2H3. The highest BCUT2D eigenvalue weighted by Crippen LogP contribution is 2.08. The normalized spacial score (nSPS) is 10.2. The quantitative estimate of drug-likeness (QED) is 0.724. The topological polar surface area (TPSA) is 32.6 Å². The molecule has 0 aromatic carbocycles. The Morgan fingerprint density at radius 1 is 1.64 bits per heavy atom. The van der Waals surface area contributed by atoms with Gasteiger partial charge >= 0.3 is 0 Å². The van der Waals surface area contributed by atoms with Gasteiger partial charge in [-0.2, -0.15) is 0 Å². The molecule has 0 bridgehead atoms. The zero-order valence-electron chi connectivity index (χ0n) is 6.76. The van der Waals surface area contributed by atoms with Crippen LogP contribution in [0.2, 0.25) is 0 Å². The fourth-order valence-electron chi connectivity index (χ4n) is 0.318. The summed E-state index contributed by atoms with van der Waals surface area (Å²) in [6.45, 7) is 7.36. The first-order chi connectivity index (χ1) is 5.07. The molecule has 0 aliphatic carbocycles. The molecule has 0 heterocycles. The Morgan fingerprint density at radius 2 is 2.18 bits per heavy atom. The number of nitrogens with zero attached hydrogens (tertiary/aromatic N) is 1. The van der Waals surface area contributed by atoms with E-state index in [-0.39, 0.29) is 6.61 Å². The van der Waals surface area contributed by atoms with Crippen molar-refractivity contribution in [2.45, 2.75) is 13.8 Å². The van der Waals surface area contributed by atoms with Crippen molar-refractivity contribution in [1.82, 2.24) is 0 Å². The van der Waals surface area contributed by atoms with Crippen LogP contribution in [0.4, 0.5) is 0 Å². The van der Waals surface area contributed by atoms with E-state index in [0.29, 0.717) is 5.70 Å². The highest BCUT2D eigenvalue weighted by molar-refractivity contribution is 9.12. The Labute approximate surface area is 75.5 Å². The van der Waals surface area contributed by atoms with E-state index in [1.54, 1.807) is 6.21 Å². The van der Waals surface area contributed by atoms with E-state index in [1.807, 2.05) is 13.8 Å². The Morgan fingerprint density at radius 3 is 2.55 bits per heavy atom. The lowest BCUT2D eigenvalue weighted by atomic mass is 10.3. The lowest BCUT2D eigenvalue weighted by Gasteiger charge is -1.93. The first-order valence-electron chi connectivity index (χ1n) is 3.23. The summed E-state index contributed by atoms with van der Waals surface area (Å²) in [5, 5.41) is 8.54. The van der Waals surface area contributed by atoms with E-state index in [0.717, 1.165) is 10.1 Å². The van der Waals surface area contributed by atoms with Crippen molar-refractivity contribution in [3.63, 3.8) is 0 Å². The first-order valence-corrected chi connectivity index (χ1v) is 4.03. The zero-order chi connectivity index (χ0) is 8.85. The van der Waals surface area contributed by atoms with E-state index < -0.39 is 0 Å². The van der Waals surface area contributed by atoms with Gasteiger partial charge in [-0.1, -0.05) is 12.2 Å². The summed E-state index contributed by atoms with van der Waals surface area (Å²) in [6.07, 6.45) is 1.63. The maximum absolute atomic E-state index is 8.54. The molecule has 0 aromatic rings. The fourth-order valence-corrected chi connectivity index (χ4v) is 0.420. The Hall–Kier alpha value is -0.410. The largest absolute Gasteiger partial charge is 0.390 e. The Kier molecular flexibility index (Phi) is 5.07. The third-order valence-electron chi connectivity index (χ3n) is 1.02. The molecule has 3 heteroatoms. The van der Waals surface area contributed by atoms with Gasteiger partial charge in [-0.15, -0.1) is 0 Å². The van der Waals surface area contributed by atoms with Gasteiger partial charge in [0.05, 0.1) is 12.3 Å². The Balaban J connectivity index is 4.15. The fraction of sp³-hybridized carbons (Fsp3) is 0.375. The highest BCUT2D eigenvalue weighted by Gasteiger charge is 1.89. The molecule has 0 atom stereocenters. The molecule has 0 aliphatic heterocycles. The van der Waals surface area contributed by atoms with Gasteiger partial charge < -0.3 is 5.11 Å². The van der Waals surface area contributed by atoms with Gasteiger partial charge in [0.15, 0.2) is 0 Å². The van der Waals surface area contributed by atoms with Crippen LogP contribution in [-0.2, 0) is 0 Å². The monoisotopic (exact) mass is 217 g/mol. The van der Waals surface area contributed by atoms with E-state index in [1.165, 1.54) is 0 Å². The molecule has 0 aliphatic rings. The molecule has 0 saturated carbocycles. The minimum Gasteiger partial charge on any atom is -0.390 e. The van der Waals surface area contributed by atoms with Crippen LogP contribution in [0.3, 0.4) is 0 Å². The highest BCUT2D eigenvalue weighted by atomic mass is 79.9. The lowest BCUT2D eigenvalue weighted by Crippen LogP contribution is -1.85. The molecule has 62 valence electrons. The molecule has 0 unspecified atom stereocenters. The number of aliphatic hydroxyl groups is 1. The van der Waals surface area contributed by atoms with Crippen LogP contribution < -0.4 is 0 Å². The van der Waals surface area contributed by atoms with E-state index in [9.17, 15) is 0 Å². The number of hydrogen-bond donors (Lipinski definition) is 1. The minimum atomic E-state index is -0.0977. The SMILES string of the molecule is C=C(CO)N=CC(Br)=C(C)C. The average molecular weight is 218 g/mol. The van der Waals surface area contributed by atoms with Crippen molar-refractivity contribution < 1.29 is 5.11 Å². The van der Waals surface area contributed by atoms with Crippen molar-refractivity contribution in [3.8, 4) is 0 Å². The van der Waals surface area contributed by atoms with Crippen LogP contribution in [0.5, 0.6) is 0 Å². The van der Waals surface area contributed by atoms with Gasteiger partial charge in [0.2, 0.25) is 0 Å². The second-order valence-electron chi connectivity index (χ2n) is 2.33. The molecule has 0 radical (unpaired) electrons. The minimum absolute atomic E-state index is 0.0977. The third-order valence-corrected chi connectivity index (χ3v) is 2.02. The molecule has 11 heavy (non-hydrogen) atoms. The second-order valence-corrected chi connectivity index (χ2v) is 3.18. The van der Waals surface area contributed by atoms with Crippen molar-refractivity contribution in [1.29, 1.82) is 0 Å². The van der Waals surface area contributed by atoms with Gasteiger partial charge in [-0.25, -0.2) is 0 Å². The maximum Gasteiger partial charge on any atom is 0.0846 e. The maximum atomic E-state index is 8.54. The van der Waals surface area contributed by atoms with Crippen LogP contribution in [0.1, 0.15) is 13.8 Å². The average Bonchev–Trinajstić information content (AvgIpc) is 1.99. The smallest absolute Gasteiger partial charge is 0.0846 e. The van der Waals surface area contributed by atoms with Crippen LogP contribution >= 0.6 is 15.9 Å². The lowest BCUT2D eigenvalue weighted by molar-refractivity contribution is 0.330. The summed E-state index contributed by atoms with van der Waals surface area (Å²) < 4.78 is 0.923. The van der Waals surface area contributed by atoms with Gasteiger partial charge in [0.25, 0.3) is 0 Å². The molecule has 0 fully saturated rings. The number of allylic oxidation sites excluding steroid dienone is 2. The van der Waals surface area contributed by atoms with E-state index in [4.69, 9.17) is 5.11 Å². The van der Waals surface area contributed by atoms with Crippen molar-refractivity contribution >= 4 is 22.1 Å². The van der Waals surface area contributed by atoms with Gasteiger partial charge in [-0.3, -0.25) is 4.99 Å². The molecular weight excluding hydrogens is 206 g/mol. The second kappa shape index (κ2) is 5.27. The molecule has 0 spiro atoms. The predicted octanol–water partition coefficient (Wildman–Crippen LogP) is 2.25. The van der Waals surface area contributed by atoms with Crippen LogP contribution in [0.25, 0.3) is 0 Å². The number of hydrogen-bond acceptors (Lipinski definition) is 2. The summed E-state index contributed by atoms with van der Waals surface area (Å²) in [4.78, 5) is 3.89. The molecule has 0 rings (SSSR count). The van der Waals surface area contributed by atoms with Gasteiger partial charge in [-0.05, 0) is 29.8 Å². The number of aliphatic hydroxyl groups excluding tert-OH is 1.